The molecule has 138 valence electrons. The molecule has 1 aromatic rings. The molecule has 0 fully saturated rings. The van der Waals surface area contributed by atoms with Crippen LogP contribution in [0.15, 0.2) is 24.3 Å². The summed E-state index contributed by atoms with van der Waals surface area (Å²) in [6.45, 7) is 6.58. The van der Waals surface area contributed by atoms with Crippen molar-refractivity contribution >= 4 is 11.8 Å². The summed E-state index contributed by atoms with van der Waals surface area (Å²) in [5, 5.41) is 11.9. The van der Waals surface area contributed by atoms with Crippen molar-refractivity contribution in [1.29, 1.82) is 0 Å². The molecule has 0 aromatic heterocycles. The second-order valence-corrected chi connectivity index (χ2v) is 7.38. The highest BCUT2D eigenvalue weighted by molar-refractivity contribution is 5.88. The van der Waals surface area contributed by atoms with Gasteiger partial charge in [0.2, 0.25) is 11.8 Å². The van der Waals surface area contributed by atoms with Crippen molar-refractivity contribution in [2.45, 2.75) is 65.1 Å². The van der Waals surface area contributed by atoms with Crippen LogP contribution in [0.5, 0.6) is 0 Å². The molecule has 2 unspecified atom stereocenters. The van der Waals surface area contributed by atoms with Gasteiger partial charge < -0.3 is 15.3 Å². The van der Waals surface area contributed by atoms with Crippen LogP contribution < -0.4 is 5.32 Å². The fraction of sp³-hybridized carbons (Fsp3) is 0.600. The Morgan fingerprint density at radius 3 is 2.56 bits per heavy atom. The molecule has 0 aliphatic carbocycles. The van der Waals surface area contributed by atoms with Crippen LogP contribution >= 0.6 is 0 Å². The fourth-order valence-electron chi connectivity index (χ4n) is 3.29. The Bertz CT molecular complexity index is 600. The van der Waals surface area contributed by atoms with Gasteiger partial charge in [-0.25, -0.2) is 0 Å². The Morgan fingerprint density at radius 2 is 1.92 bits per heavy atom. The van der Waals surface area contributed by atoms with Gasteiger partial charge in [-0.05, 0) is 36.8 Å². The van der Waals surface area contributed by atoms with E-state index in [1.54, 1.807) is 4.90 Å². The summed E-state index contributed by atoms with van der Waals surface area (Å²) >= 11 is 0. The minimum atomic E-state index is -0.460. The second-order valence-electron chi connectivity index (χ2n) is 7.38. The van der Waals surface area contributed by atoms with E-state index < -0.39 is 6.04 Å². The summed E-state index contributed by atoms with van der Waals surface area (Å²) in [5.74, 6) is 0.196. The highest BCUT2D eigenvalue weighted by Crippen LogP contribution is 2.25. The monoisotopic (exact) mass is 346 g/mol. The number of fused-ring (bicyclic) bond motifs is 1. The summed E-state index contributed by atoms with van der Waals surface area (Å²) in [7, 11) is 0. The molecule has 2 atom stereocenters. The van der Waals surface area contributed by atoms with Crippen LogP contribution in [0.3, 0.4) is 0 Å². The van der Waals surface area contributed by atoms with E-state index in [1.807, 2.05) is 45.0 Å². The van der Waals surface area contributed by atoms with Crippen molar-refractivity contribution < 1.29 is 14.7 Å². The Morgan fingerprint density at radius 1 is 1.24 bits per heavy atom. The molecule has 1 aliphatic heterocycles. The Balaban J connectivity index is 2.16. The van der Waals surface area contributed by atoms with Gasteiger partial charge in [-0.2, -0.15) is 0 Å². The number of aliphatic hydroxyl groups is 1. The number of amides is 2. The number of rotatable bonds is 7. The quantitative estimate of drug-likeness (QED) is 0.796. The lowest BCUT2D eigenvalue weighted by molar-refractivity contribution is -0.142. The molecule has 1 aliphatic rings. The first-order valence-corrected chi connectivity index (χ1v) is 9.19. The zero-order valence-corrected chi connectivity index (χ0v) is 15.5. The van der Waals surface area contributed by atoms with E-state index in [0.717, 1.165) is 17.5 Å². The molecule has 5 heteroatoms. The highest BCUT2D eigenvalue weighted by Gasteiger charge is 2.34. The minimum Gasteiger partial charge on any atom is -0.396 e. The van der Waals surface area contributed by atoms with E-state index >= 15 is 0 Å². The highest BCUT2D eigenvalue weighted by atomic mass is 16.3. The van der Waals surface area contributed by atoms with E-state index in [9.17, 15) is 9.59 Å². The first-order valence-electron chi connectivity index (χ1n) is 9.19. The maximum atomic E-state index is 12.8. The molecule has 5 nitrogen and oxygen atoms in total. The molecule has 0 saturated carbocycles. The molecule has 0 spiro atoms. The zero-order valence-electron chi connectivity index (χ0n) is 15.5. The van der Waals surface area contributed by atoms with Crippen LogP contribution in [0.1, 0.15) is 51.2 Å². The lowest BCUT2D eigenvalue weighted by atomic mass is 9.92. The first-order chi connectivity index (χ1) is 11.9. The van der Waals surface area contributed by atoms with Crippen LogP contribution in [-0.2, 0) is 22.6 Å². The summed E-state index contributed by atoms with van der Waals surface area (Å²) in [6, 6.07) is 7.54. The van der Waals surface area contributed by atoms with Crippen molar-refractivity contribution in [3.63, 3.8) is 0 Å². The third-order valence-electron chi connectivity index (χ3n) is 4.64. The van der Waals surface area contributed by atoms with Gasteiger partial charge in [0.25, 0.3) is 0 Å². The Kier molecular flexibility index (Phi) is 7.00. The number of nitrogens with zero attached hydrogens (tertiary/aromatic N) is 1. The van der Waals surface area contributed by atoms with Gasteiger partial charge in [0.1, 0.15) is 6.04 Å². The van der Waals surface area contributed by atoms with Crippen LogP contribution in [0.4, 0.5) is 0 Å². The molecule has 25 heavy (non-hydrogen) atoms. The van der Waals surface area contributed by atoms with Gasteiger partial charge in [0.05, 0.1) is 0 Å². The molecule has 2 rings (SSSR count). The molecule has 0 radical (unpaired) electrons. The number of hydrogen-bond donors (Lipinski definition) is 2. The molecular weight excluding hydrogens is 316 g/mol. The van der Waals surface area contributed by atoms with E-state index in [2.05, 4.69) is 5.32 Å². The number of benzene rings is 1. The van der Waals surface area contributed by atoms with Crippen LogP contribution in [0.25, 0.3) is 0 Å². The van der Waals surface area contributed by atoms with Gasteiger partial charge in [-0.15, -0.1) is 0 Å². The van der Waals surface area contributed by atoms with Crippen molar-refractivity contribution in [3.8, 4) is 0 Å². The van der Waals surface area contributed by atoms with Gasteiger partial charge in [-0.3, -0.25) is 9.59 Å². The predicted molar refractivity (Wildman–Crippen MR) is 97.9 cm³/mol. The minimum absolute atomic E-state index is 0.0149. The molecule has 1 aromatic carbocycles. The smallest absolute Gasteiger partial charge is 0.243 e. The summed E-state index contributed by atoms with van der Waals surface area (Å²) in [6.07, 6.45) is 2.39. The van der Waals surface area contributed by atoms with Gasteiger partial charge >= 0.3 is 0 Å². The maximum absolute atomic E-state index is 12.8. The standard InChI is InChI=1S/C20H30N2O3/c1-14(2)11-19(24)22-13-17-9-5-4-8-16(17)12-18(22)20(25)21-15(3)7-6-10-23/h4-5,8-9,14-15,18,23H,6-7,10-13H2,1-3H3,(H,21,25). The van der Waals surface area contributed by atoms with Gasteiger partial charge in [0, 0.05) is 32.0 Å². The van der Waals surface area contributed by atoms with E-state index in [1.165, 1.54) is 0 Å². The first kappa shape index (κ1) is 19.4. The third-order valence-corrected chi connectivity index (χ3v) is 4.64. The Labute approximate surface area is 150 Å². The van der Waals surface area contributed by atoms with Crippen LogP contribution in [-0.4, -0.2) is 40.5 Å². The maximum Gasteiger partial charge on any atom is 0.243 e. The average molecular weight is 346 g/mol. The number of carbonyl (C=O) groups is 2. The van der Waals surface area contributed by atoms with Crippen molar-refractivity contribution in [2.75, 3.05) is 6.61 Å². The average Bonchev–Trinajstić information content (AvgIpc) is 2.58. The molecular formula is C20H30N2O3. The van der Waals surface area contributed by atoms with Crippen molar-refractivity contribution in [2.24, 2.45) is 5.92 Å². The summed E-state index contributed by atoms with van der Waals surface area (Å²) in [5.41, 5.74) is 2.26. The van der Waals surface area contributed by atoms with E-state index in [-0.39, 0.29) is 30.4 Å². The lowest BCUT2D eigenvalue weighted by Gasteiger charge is -2.37. The van der Waals surface area contributed by atoms with Gasteiger partial charge in [0.15, 0.2) is 0 Å². The zero-order chi connectivity index (χ0) is 18.4. The van der Waals surface area contributed by atoms with Crippen molar-refractivity contribution in [1.82, 2.24) is 10.2 Å². The second kappa shape index (κ2) is 8.99. The SMILES string of the molecule is CC(C)CC(=O)N1Cc2ccccc2CC1C(=O)NC(C)CCCO. The topological polar surface area (TPSA) is 69.6 Å². The normalized spacial score (nSPS) is 18.0. The molecule has 0 saturated heterocycles. The molecule has 2 amide bonds. The van der Waals surface area contributed by atoms with Gasteiger partial charge in [-0.1, -0.05) is 38.1 Å². The number of aliphatic hydroxyl groups excluding tert-OH is 1. The molecule has 2 N–H and O–H groups in total. The van der Waals surface area contributed by atoms with Crippen LogP contribution in [0.2, 0.25) is 0 Å². The Hall–Kier alpha value is -1.88. The van der Waals surface area contributed by atoms with Crippen molar-refractivity contribution in [3.05, 3.63) is 35.4 Å². The largest absolute Gasteiger partial charge is 0.396 e. The number of nitrogens with one attached hydrogen (secondary N) is 1. The van der Waals surface area contributed by atoms with E-state index in [0.29, 0.717) is 25.8 Å². The molecule has 0 bridgehead atoms. The predicted octanol–water partition coefficient (Wildman–Crippen LogP) is 2.26. The fourth-order valence-corrected chi connectivity index (χ4v) is 3.29. The van der Waals surface area contributed by atoms with E-state index in [4.69, 9.17) is 5.11 Å². The number of hydrogen-bond acceptors (Lipinski definition) is 3. The third kappa shape index (κ3) is 5.30. The lowest BCUT2D eigenvalue weighted by Crippen LogP contribution is -2.54. The summed E-state index contributed by atoms with van der Waals surface area (Å²) < 4.78 is 0. The molecule has 1 heterocycles. The number of carbonyl (C=O) groups excluding carboxylic acids is 2. The summed E-state index contributed by atoms with van der Waals surface area (Å²) in [4.78, 5) is 27.3. The van der Waals surface area contributed by atoms with Crippen LogP contribution in [0, 0.1) is 5.92 Å².